The molecule has 15 heavy (non-hydrogen) atoms. The van der Waals surface area contributed by atoms with Crippen LogP contribution in [0, 0.1) is 12.7 Å². The van der Waals surface area contributed by atoms with Crippen LogP contribution in [0.4, 0.5) is 4.39 Å². The molecule has 0 radical (unpaired) electrons. The van der Waals surface area contributed by atoms with E-state index < -0.39 is 0 Å². The topological polar surface area (TPSA) is 38.0 Å². The Labute approximate surface area is 89.7 Å². The second-order valence-electron chi connectivity index (χ2n) is 4.70. The number of benzene rings is 1. The third-order valence-electron chi connectivity index (χ3n) is 3.23. The van der Waals surface area contributed by atoms with E-state index in [0.29, 0.717) is 5.56 Å². The number of nitrogens with one attached hydrogen (secondary N) is 1. The summed E-state index contributed by atoms with van der Waals surface area (Å²) in [6.45, 7) is 5.51. The van der Waals surface area contributed by atoms with E-state index in [1.165, 1.54) is 6.07 Å². The Balaban J connectivity index is 2.33. The van der Waals surface area contributed by atoms with Crippen molar-refractivity contribution in [1.29, 1.82) is 0 Å². The highest BCUT2D eigenvalue weighted by Crippen LogP contribution is 2.30. The van der Waals surface area contributed by atoms with Gasteiger partial charge in [0.2, 0.25) is 0 Å². The molecule has 0 unspecified atom stereocenters. The van der Waals surface area contributed by atoms with Gasteiger partial charge in [-0.15, -0.1) is 0 Å². The van der Waals surface area contributed by atoms with Crippen molar-refractivity contribution >= 4 is 0 Å². The van der Waals surface area contributed by atoms with Crippen LogP contribution in [0.25, 0.3) is 0 Å². The Morgan fingerprint density at radius 3 is 2.80 bits per heavy atom. The molecule has 1 heterocycles. The summed E-state index contributed by atoms with van der Waals surface area (Å²) in [5.41, 5.74) is 7.77. The van der Waals surface area contributed by atoms with E-state index >= 15 is 0 Å². The molecular weight excluding hydrogens is 191 g/mol. The van der Waals surface area contributed by atoms with Gasteiger partial charge < -0.3 is 11.1 Å². The number of hydrogen-bond acceptors (Lipinski definition) is 2. The zero-order valence-corrected chi connectivity index (χ0v) is 9.18. The predicted molar refractivity (Wildman–Crippen MR) is 59.3 cm³/mol. The SMILES string of the molecule is Cc1cc([C@@H]2CNC[C@@]2(C)N)ccc1F. The molecule has 1 fully saturated rings. The van der Waals surface area contributed by atoms with Gasteiger partial charge in [0.1, 0.15) is 5.82 Å². The van der Waals surface area contributed by atoms with Crippen molar-refractivity contribution < 1.29 is 4.39 Å². The lowest BCUT2D eigenvalue weighted by molar-refractivity contribution is 0.461. The summed E-state index contributed by atoms with van der Waals surface area (Å²) < 4.78 is 13.1. The molecular formula is C12H17FN2. The second-order valence-corrected chi connectivity index (χ2v) is 4.70. The first-order chi connectivity index (χ1) is 7.00. The largest absolute Gasteiger partial charge is 0.324 e. The highest BCUT2D eigenvalue weighted by molar-refractivity contribution is 5.31. The number of nitrogens with two attached hydrogens (primary N) is 1. The third-order valence-corrected chi connectivity index (χ3v) is 3.23. The van der Waals surface area contributed by atoms with E-state index in [2.05, 4.69) is 5.32 Å². The Morgan fingerprint density at radius 1 is 1.53 bits per heavy atom. The van der Waals surface area contributed by atoms with E-state index in [-0.39, 0.29) is 17.3 Å². The number of aryl methyl sites for hydroxylation is 1. The minimum atomic E-state index is -0.232. The van der Waals surface area contributed by atoms with Gasteiger partial charge in [-0.1, -0.05) is 12.1 Å². The molecule has 1 aromatic rings. The Bertz CT molecular complexity index is 374. The van der Waals surface area contributed by atoms with Crippen molar-refractivity contribution in [3.05, 3.63) is 35.1 Å². The summed E-state index contributed by atoms with van der Waals surface area (Å²) >= 11 is 0. The second kappa shape index (κ2) is 3.58. The predicted octanol–water partition coefficient (Wildman–Crippen LogP) is 1.54. The molecule has 1 aromatic carbocycles. The van der Waals surface area contributed by atoms with E-state index in [9.17, 15) is 4.39 Å². The summed E-state index contributed by atoms with van der Waals surface area (Å²) in [6.07, 6.45) is 0. The van der Waals surface area contributed by atoms with Crippen LogP contribution in [-0.4, -0.2) is 18.6 Å². The molecule has 0 spiro atoms. The van der Waals surface area contributed by atoms with Gasteiger partial charge in [-0.3, -0.25) is 0 Å². The van der Waals surface area contributed by atoms with Gasteiger partial charge in [-0.2, -0.15) is 0 Å². The van der Waals surface area contributed by atoms with Crippen LogP contribution in [0.2, 0.25) is 0 Å². The zero-order chi connectivity index (χ0) is 11.1. The Kier molecular flexibility index (Phi) is 2.52. The average molecular weight is 208 g/mol. The molecule has 0 saturated carbocycles. The van der Waals surface area contributed by atoms with Crippen LogP contribution in [0.15, 0.2) is 18.2 Å². The van der Waals surface area contributed by atoms with E-state index in [1.54, 1.807) is 6.92 Å². The standard InChI is InChI=1S/C12H17FN2/c1-8-5-9(3-4-11(8)13)10-6-15-7-12(10,2)14/h3-5,10,15H,6-7,14H2,1-2H3/t10-,12+/m0/s1. The summed E-state index contributed by atoms with van der Waals surface area (Å²) in [7, 11) is 0. The normalized spacial score (nSPS) is 30.8. The number of rotatable bonds is 1. The maximum absolute atomic E-state index is 13.1. The molecule has 1 aliphatic rings. The quantitative estimate of drug-likeness (QED) is 0.734. The molecule has 0 bridgehead atoms. The maximum Gasteiger partial charge on any atom is 0.126 e. The van der Waals surface area contributed by atoms with Gasteiger partial charge >= 0.3 is 0 Å². The van der Waals surface area contributed by atoms with E-state index in [0.717, 1.165) is 18.7 Å². The van der Waals surface area contributed by atoms with Gasteiger partial charge in [0.15, 0.2) is 0 Å². The highest BCUT2D eigenvalue weighted by Gasteiger charge is 2.36. The first-order valence-corrected chi connectivity index (χ1v) is 5.26. The van der Waals surface area contributed by atoms with Gasteiger partial charge in [0.25, 0.3) is 0 Å². The zero-order valence-electron chi connectivity index (χ0n) is 9.18. The average Bonchev–Trinajstić information content (AvgIpc) is 2.50. The minimum absolute atomic E-state index is 0.150. The van der Waals surface area contributed by atoms with Crippen molar-refractivity contribution in [2.24, 2.45) is 5.73 Å². The van der Waals surface area contributed by atoms with Crippen molar-refractivity contribution in [3.63, 3.8) is 0 Å². The molecule has 1 aliphatic heterocycles. The van der Waals surface area contributed by atoms with Crippen molar-refractivity contribution in [1.82, 2.24) is 5.32 Å². The fourth-order valence-corrected chi connectivity index (χ4v) is 2.23. The number of halogens is 1. The minimum Gasteiger partial charge on any atom is -0.324 e. The Morgan fingerprint density at radius 2 is 2.27 bits per heavy atom. The van der Waals surface area contributed by atoms with Crippen LogP contribution in [0.5, 0.6) is 0 Å². The molecule has 1 saturated heterocycles. The molecule has 2 nitrogen and oxygen atoms in total. The summed E-state index contributed by atoms with van der Waals surface area (Å²) in [5.74, 6) is 0.125. The van der Waals surface area contributed by atoms with Crippen molar-refractivity contribution in [2.75, 3.05) is 13.1 Å². The van der Waals surface area contributed by atoms with Crippen LogP contribution in [0.1, 0.15) is 24.0 Å². The third kappa shape index (κ3) is 1.90. The monoisotopic (exact) mass is 208 g/mol. The summed E-state index contributed by atoms with van der Waals surface area (Å²) in [4.78, 5) is 0. The molecule has 2 rings (SSSR count). The van der Waals surface area contributed by atoms with Crippen molar-refractivity contribution in [2.45, 2.75) is 25.3 Å². The van der Waals surface area contributed by atoms with E-state index in [1.807, 2.05) is 19.1 Å². The highest BCUT2D eigenvalue weighted by atomic mass is 19.1. The van der Waals surface area contributed by atoms with Gasteiger partial charge in [0.05, 0.1) is 0 Å². The molecule has 3 N–H and O–H groups in total. The lowest BCUT2D eigenvalue weighted by Crippen LogP contribution is -2.42. The van der Waals surface area contributed by atoms with Crippen LogP contribution in [0.3, 0.4) is 0 Å². The van der Waals surface area contributed by atoms with Crippen LogP contribution in [-0.2, 0) is 0 Å². The molecule has 2 atom stereocenters. The van der Waals surface area contributed by atoms with Crippen LogP contribution < -0.4 is 11.1 Å². The summed E-state index contributed by atoms with van der Waals surface area (Å²) in [5, 5.41) is 3.28. The van der Waals surface area contributed by atoms with Gasteiger partial charge in [0, 0.05) is 24.5 Å². The maximum atomic E-state index is 13.1. The molecule has 0 aromatic heterocycles. The fourth-order valence-electron chi connectivity index (χ4n) is 2.23. The first-order valence-electron chi connectivity index (χ1n) is 5.26. The van der Waals surface area contributed by atoms with Gasteiger partial charge in [-0.25, -0.2) is 4.39 Å². The van der Waals surface area contributed by atoms with E-state index in [4.69, 9.17) is 5.73 Å². The lowest BCUT2D eigenvalue weighted by Gasteiger charge is -2.26. The molecule has 82 valence electrons. The fraction of sp³-hybridized carbons (Fsp3) is 0.500. The summed E-state index contributed by atoms with van der Waals surface area (Å²) in [6, 6.07) is 5.27. The first kappa shape index (κ1) is 10.6. The van der Waals surface area contributed by atoms with Gasteiger partial charge in [-0.05, 0) is 31.0 Å². The Hall–Kier alpha value is -0.930. The van der Waals surface area contributed by atoms with Crippen molar-refractivity contribution in [3.8, 4) is 0 Å². The lowest BCUT2D eigenvalue weighted by atomic mass is 9.84. The van der Waals surface area contributed by atoms with Crippen LogP contribution >= 0.6 is 0 Å². The smallest absolute Gasteiger partial charge is 0.126 e. The molecule has 3 heteroatoms. The number of hydrogen-bond donors (Lipinski definition) is 2. The molecule has 0 amide bonds. The molecule has 0 aliphatic carbocycles.